The van der Waals surface area contributed by atoms with Gasteiger partial charge in [-0.1, -0.05) is 20.3 Å². The van der Waals surface area contributed by atoms with E-state index in [1.165, 1.54) is 32.1 Å². The molecule has 2 rings (SSSR count). The smallest absolute Gasteiger partial charge is 0.0471 e. The Kier molecular flexibility index (Phi) is 3.62. The summed E-state index contributed by atoms with van der Waals surface area (Å²) >= 11 is 6.60. The van der Waals surface area contributed by atoms with Crippen LogP contribution in [0.1, 0.15) is 46.0 Å². The molecule has 2 heteroatoms. The van der Waals surface area contributed by atoms with Crippen LogP contribution in [0, 0.1) is 17.3 Å². The van der Waals surface area contributed by atoms with Gasteiger partial charge in [0.15, 0.2) is 0 Å². The Bertz CT molecular complexity index is 209. The molecule has 2 aliphatic rings. The maximum Gasteiger partial charge on any atom is 0.0471 e. The Morgan fingerprint density at radius 2 is 1.87 bits per heavy atom. The molecule has 1 spiro atoms. The summed E-state index contributed by atoms with van der Waals surface area (Å²) in [7, 11) is 0. The van der Waals surface area contributed by atoms with Gasteiger partial charge in [-0.25, -0.2) is 0 Å². The molecule has 2 unspecified atom stereocenters. The molecule has 15 heavy (non-hydrogen) atoms. The molecule has 0 N–H and O–H groups in total. The van der Waals surface area contributed by atoms with Gasteiger partial charge in [0.05, 0.1) is 0 Å². The fourth-order valence-corrected chi connectivity index (χ4v) is 3.92. The van der Waals surface area contributed by atoms with Crippen LogP contribution in [-0.2, 0) is 4.74 Å². The molecule has 1 aliphatic heterocycles. The van der Waals surface area contributed by atoms with E-state index in [0.717, 1.165) is 19.1 Å². The van der Waals surface area contributed by atoms with Crippen molar-refractivity contribution < 1.29 is 4.74 Å². The highest BCUT2D eigenvalue weighted by atomic mass is 35.5. The summed E-state index contributed by atoms with van der Waals surface area (Å²) in [6, 6.07) is 0. The predicted molar refractivity (Wildman–Crippen MR) is 64.3 cm³/mol. The molecule has 88 valence electrons. The largest absolute Gasteiger partial charge is 0.381 e. The molecule has 1 saturated heterocycles. The molecule has 0 amide bonds. The molecule has 0 bridgehead atoms. The highest BCUT2D eigenvalue weighted by Gasteiger charge is 2.46. The van der Waals surface area contributed by atoms with Crippen molar-refractivity contribution in [1.29, 1.82) is 0 Å². The van der Waals surface area contributed by atoms with E-state index in [0.29, 0.717) is 16.7 Å². The molecular weight excluding hydrogens is 208 g/mol. The first-order valence-corrected chi connectivity index (χ1v) is 6.81. The summed E-state index contributed by atoms with van der Waals surface area (Å²) in [6.07, 6.45) is 6.59. The number of hydrogen-bond donors (Lipinski definition) is 0. The zero-order valence-electron chi connectivity index (χ0n) is 9.97. The van der Waals surface area contributed by atoms with Gasteiger partial charge in [-0.05, 0) is 42.9 Å². The van der Waals surface area contributed by atoms with Crippen LogP contribution in [0.15, 0.2) is 0 Å². The monoisotopic (exact) mass is 230 g/mol. The lowest BCUT2D eigenvalue weighted by Gasteiger charge is -2.41. The third-order valence-electron chi connectivity index (χ3n) is 4.49. The van der Waals surface area contributed by atoms with E-state index in [-0.39, 0.29) is 0 Å². The van der Waals surface area contributed by atoms with Crippen LogP contribution in [0.25, 0.3) is 0 Å². The van der Waals surface area contributed by atoms with Crippen LogP contribution in [0.5, 0.6) is 0 Å². The van der Waals surface area contributed by atoms with Gasteiger partial charge in [-0.3, -0.25) is 0 Å². The normalized spacial score (nSPS) is 32.4. The van der Waals surface area contributed by atoms with Crippen molar-refractivity contribution in [2.45, 2.75) is 51.3 Å². The number of halogens is 1. The van der Waals surface area contributed by atoms with E-state index in [9.17, 15) is 0 Å². The fourth-order valence-electron chi connectivity index (χ4n) is 3.53. The van der Waals surface area contributed by atoms with Crippen LogP contribution >= 0.6 is 11.6 Å². The summed E-state index contributed by atoms with van der Waals surface area (Å²) in [4.78, 5) is 0. The SMILES string of the molecule is CC(C)C(Cl)C1CCCC12CCOCC2. The summed E-state index contributed by atoms with van der Waals surface area (Å²) in [6.45, 7) is 6.42. The highest BCUT2D eigenvalue weighted by Crippen LogP contribution is 2.53. The second-order valence-electron chi connectivity index (χ2n) is 5.66. The van der Waals surface area contributed by atoms with E-state index in [1.54, 1.807) is 0 Å². The van der Waals surface area contributed by atoms with Gasteiger partial charge in [0, 0.05) is 18.6 Å². The first-order valence-electron chi connectivity index (χ1n) is 6.37. The third kappa shape index (κ3) is 2.19. The number of rotatable bonds is 2. The molecule has 2 atom stereocenters. The van der Waals surface area contributed by atoms with Gasteiger partial charge in [0.2, 0.25) is 0 Å². The van der Waals surface area contributed by atoms with Gasteiger partial charge in [-0.2, -0.15) is 0 Å². The Hall–Kier alpha value is 0.250. The van der Waals surface area contributed by atoms with Crippen molar-refractivity contribution in [3.63, 3.8) is 0 Å². The maximum atomic E-state index is 6.60. The topological polar surface area (TPSA) is 9.23 Å². The summed E-state index contributed by atoms with van der Waals surface area (Å²) in [5.74, 6) is 1.34. The molecule has 2 fully saturated rings. The lowest BCUT2D eigenvalue weighted by molar-refractivity contribution is -0.00913. The average molecular weight is 231 g/mol. The van der Waals surface area contributed by atoms with E-state index in [1.807, 2.05) is 0 Å². The second-order valence-corrected chi connectivity index (χ2v) is 6.17. The van der Waals surface area contributed by atoms with E-state index in [4.69, 9.17) is 16.3 Å². The number of ether oxygens (including phenoxy) is 1. The number of hydrogen-bond acceptors (Lipinski definition) is 1. The Labute approximate surface area is 98.5 Å². The van der Waals surface area contributed by atoms with Gasteiger partial charge >= 0.3 is 0 Å². The zero-order valence-corrected chi connectivity index (χ0v) is 10.7. The second kappa shape index (κ2) is 4.63. The molecule has 0 aromatic carbocycles. The van der Waals surface area contributed by atoms with Crippen molar-refractivity contribution in [1.82, 2.24) is 0 Å². The van der Waals surface area contributed by atoms with Crippen LogP contribution in [0.3, 0.4) is 0 Å². The standard InChI is InChI=1S/C13H23ClO/c1-10(2)12(14)11-4-3-5-13(11)6-8-15-9-7-13/h10-12H,3-9H2,1-2H3. The van der Waals surface area contributed by atoms with Crippen molar-refractivity contribution >= 4 is 11.6 Å². The zero-order chi connectivity index (χ0) is 10.9. The van der Waals surface area contributed by atoms with Crippen molar-refractivity contribution in [2.24, 2.45) is 17.3 Å². The van der Waals surface area contributed by atoms with Gasteiger partial charge in [0.1, 0.15) is 0 Å². The Morgan fingerprint density at radius 1 is 1.20 bits per heavy atom. The summed E-state index contributed by atoms with van der Waals surface area (Å²) in [5.41, 5.74) is 0.537. The Morgan fingerprint density at radius 3 is 2.47 bits per heavy atom. The molecule has 0 aromatic heterocycles. The highest BCUT2D eigenvalue weighted by molar-refractivity contribution is 6.21. The maximum absolute atomic E-state index is 6.60. The van der Waals surface area contributed by atoms with Gasteiger partial charge in [-0.15, -0.1) is 11.6 Å². The third-order valence-corrected chi connectivity index (χ3v) is 5.29. The van der Waals surface area contributed by atoms with E-state index >= 15 is 0 Å². The first kappa shape index (κ1) is 11.7. The molecular formula is C13H23ClO. The molecule has 1 saturated carbocycles. The minimum absolute atomic E-state index is 0.366. The summed E-state index contributed by atoms with van der Waals surface area (Å²) in [5, 5.41) is 0.366. The summed E-state index contributed by atoms with van der Waals surface area (Å²) < 4.78 is 5.50. The predicted octanol–water partition coefficient (Wildman–Crippen LogP) is 3.85. The molecule has 1 aliphatic carbocycles. The van der Waals surface area contributed by atoms with Crippen LogP contribution < -0.4 is 0 Å². The quantitative estimate of drug-likeness (QED) is 0.655. The molecule has 0 aromatic rings. The first-order chi connectivity index (χ1) is 7.16. The van der Waals surface area contributed by atoms with Crippen LogP contribution in [-0.4, -0.2) is 18.6 Å². The average Bonchev–Trinajstić information content (AvgIpc) is 2.61. The van der Waals surface area contributed by atoms with E-state index in [2.05, 4.69) is 13.8 Å². The Balaban J connectivity index is 2.09. The molecule has 1 nitrogen and oxygen atoms in total. The van der Waals surface area contributed by atoms with Crippen molar-refractivity contribution in [2.75, 3.05) is 13.2 Å². The lowest BCUT2D eigenvalue weighted by atomic mass is 9.69. The minimum Gasteiger partial charge on any atom is -0.381 e. The molecule has 1 heterocycles. The minimum atomic E-state index is 0.366. The van der Waals surface area contributed by atoms with Crippen molar-refractivity contribution in [3.8, 4) is 0 Å². The fraction of sp³-hybridized carbons (Fsp3) is 1.00. The van der Waals surface area contributed by atoms with Crippen molar-refractivity contribution in [3.05, 3.63) is 0 Å². The van der Waals surface area contributed by atoms with Crippen LogP contribution in [0.2, 0.25) is 0 Å². The lowest BCUT2D eigenvalue weighted by Crippen LogP contribution is -2.38. The van der Waals surface area contributed by atoms with Gasteiger partial charge < -0.3 is 4.74 Å². The number of alkyl halides is 1. The molecule has 0 radical (unpaired) electrons. The van der Waals surface area contributed by atoms with Crippen LogP contribution in [0.4, 0.5) is 0 Å². The van der Waals surface area contributed by atoms with E-state index < -0.39 is 0 Å². The van der Waals surface area contributed by atoms with Gasteiger partial charge in [0.25, 0.3) is 0 Å².